The Morgan fingerprint density at radius 3 is 2.54 bits per heavy atom. The highest BCUT2D eigenvalue weighted by atomic mass is 32.2. The predicted octanol–water partition coefficient (Wildman–Crippen LogP) is 3.08. The minimum Gasteiger partial charge on any atom is -0.312 e. The van der Waals surface area contributed by atoms with Gasteiger partial charge in [-0.1, -0.05) is 25.2 Å². The Kier molecular flexibility index (Phi) is 5.69. The number of rotatable bonds is 5. The number of benzene rings is 1. The van der Waals surface area contributed by atoms with Crippen LogP contribution in [0.1, 0.15) is 50.5 Å². The van der Waals surface area contributed by atoms with Crippen LogP contribution in [0.4, 0.5) is 5.69 Å². The van der Waals surface area contributed by atoms with Gasteiger partial charge in [-0.2, -0.15) is 4.31 Å². The maximum atomic E-state index is 13.3. The van der Waals surface area contributed by atoms with Gasteiger partial charge in [-0.15, -0.1) is 6.42 Å². The number of terminal acetylenes is 1. The summed E-state index contributed by atoms with van der Waals surface area (Å²) >= 11 is 0. The van der Waals surface area contributed by atoms with Gasteiger partial charge >= 0.3 is 0 Å². The number of aryl methyl sites for hydroxylation is 1. The minimum absolute atomic E-state index is 0.0240. The fraction of sp³-hybridized carbons (Fsp3) is 0.550. The number of hydrogen-bond donors (Lipinski definition) is 0. The Morgan fingerprint density at radius 2 is 1.96 bits per heavy atom. The van der Waals surface area contributed by atoms with Gasteiger partial charge in [-0.25, -0.2) is 8.42 Å². The second kappa shape index (κ2) is 7.81. The highest BCUT2D eigenvalue weighted by Crippen LogP contribution is 2.31. The van der Waals surface area contributed by atoms with Crippen molar-refractivity contribution in [1.82, 2.24) is 4.31 Å². The third-order valence-electron chi connectivity index (χ3n) is 5.36. The van der Waals surface area contributed by atoms with Gasteiger partial charge in [0.15, 0.2) is 0 Å². The monoisotopic (exact) mass is 374 g/mol. The molecule has 26 heavy (non-hydrogen) atoms. The topological polar surface area (TPSA) is 57.7 Å². The highest BCUT2D eigenvalue weighted by molar-refractivity contribution is 7.89. The molecule has 2 fully saturated rings. The second-order valence-electron chi connectivity index (χ2n) is 7.14. The van der Waals surface area contributed by atoms with E-state index in [0.29, 0.717) is 18.5 Å². The zero-order chi connectivity index (χ0) is 18.7. The quantitative estimate of drug-likeness (QED) is 0.744. The van der Waals surface area contributed by atoms with E-state index in [4.69, 9.17) is 6.42 Å². The number of anilines is 1. The summed E-state index contributed by atoms with van der Waals surface area (Å²) in [6.07, 6.45) is 11.8. The lowest BCUT2D eigenvalue weighted by Gasteiger charge is -2.32. The molecule has 0 N–H and O–H groups in total. The van der Waals surface area contributed by atoms with Gasteiger partial charge in [0, 0.05) is 24.7 Å². The number of sulfonamides is 1. The van der Waals surface area contributed by atoms with E-state index in [9.17, 15) is 13.2 Å². The number of hydrogen-bond acceptors (Lipinski definition) is 3. The van der Waals surface area contributed by atoms with Crippen molar-refractivity contribution in [2.24, 2.45) is 0 Å². The molecule has 3 rings (SSSR count). The largest absolute Gasteiger partial charge is 0.312 e. The fourth-order valence-electron chi connectivity index (χ4n) is 4.01. The van der Waals surface area contributed by atoms with Crippen LogP contribution < -0.4 is 4.90 Å². The Bertz CT molecular complexity index is 820. The van der Waals surface area contributed by atoms with Gasteiger partial charge in [0.2, 0.25) is 15.9 Å². The van der Waals surface area contributed by atoms with E-state index in [1.165, 1.54) is 4.31 Å². The standard InChI is InChI=1S/C20H26N2O3S/c1-3-13-22(17-8-5-4-6-9-17)26(24,25)19-12-11-18(15-16(19)2)21-14-7-10-20(21)23/h1,11-12,15,17H,4-10,13-14H2,2H3. The molecule has 1 aromatic rings. The van der Waals surface area contributed by atoms with Crippen molar-refractivity contribution < 1.29 is 13.2 Å². The molecule has 0 radical (unpaired) electrons. The normalized spacial score (nSPS) is 19.1. The molecular weight excluding hydrogens is 348 g/mol. The molecule has 6 heteroatoms. The lowest BCUT2D eigenvalue weighted by atomic mass is 9.95. The Balaban J connectivity index is 1.92. The Labute approximate surface area is 156 Å². The molecule has 0 aromatic heterocycles. The van der Waals surface area contributed by atoms with E-state index in [0.717, 1.165) is 44.2 Å². The van der Waals surface area contributed by atoms with Crippen LogP contribution in [0.3, 0.4) is 0 Å². The average Bonchev–Trinajstić information content (AvgIpc) is 3.06. The summed E-state index contributed by atoms with van der Waals surface area (Å²) in [4.78, 5) is 14.0. The van der Waals surface area contributed by atoms with Crippen LogP contribution in [0.2, 0.25) is 0 Å². The zero-order valence-corrected chi connectivity index (χ0v) is 16.1. The molecule has 1 aliphatic heterocycles. The molecule has 1 saturated carbocycles. The second-order valence-corrected chi connectivity index (χ2v) is 9.00. The Morgan fingerprint density at radius 1 is 1.23 bits per heavy atom. The molecule has 5 nitrogen and oxygen atoms in total. The smallest absolute Gasteiger partial charge is 0.244 e. The van der Waals surface area contributed by atoms with Crippen LogP contribution >= 0.6 is 0 Å². The van der Waals surface area contributed by atoms with Crippen LogP contribution in [-0.4, -0.2) is 37.8 Å². The first-order valence-corrected chi connectivity index (χ1v) is 10.8. The van der Waals surface area contributed by atoms with Gasteiger partial charge < -0.3 is 4.90 Å². The van der Waals surface area contributed by atoms with Crippen molar-refractivity contribution in [3.8, 4) is 12.3 Å². The fourth-order valence-corrected chi connectivity index (χ4v) is 5.81. The summed E-state index contributed by atoms with van der Waals surface area (Å²) in [5.41, 5.74) is 1.42. The van der Waals surface area contributed by atoms with Crippen molar-refractivity contribution in [3.05, 3.63) is 23.8 Å². The van der Waals surface area contributed by atoms with Gasteiger partial charge in [-0.3, -0.25) is 4.79 Å². The minimum atomic E-state index is -3.66. The number of carbonyl (C=O) groups is 1. The molecule has 2 aliphatic rings. The molecule has 0 atom stereocenters. The Hall–Kier alpha value is -1.84. The van der Waals surface area contributed by atoms with E-state index >= 15 is 0 Å². The molecule has 1 heterocycles. The SMILES string of the molecule is C#CCN(C1CCCCC1)S(=O)(=O)c1ccc(N2CCCC2=O)cc1C. The predicted molar refractivity (Wildman–Crippen MR) is 102 cm³/mol. The average molecular weight is 375 g/mol. The highest BCUT2D eigenvalue weighted by Gasteiger charge is 2.33. The lowest BCUT2D eigenvalue weighted by Crippen LogP contribution is -2.41. The van der Waals surface area contributed by atoms with Crippen molar-refractivity contribution >= 4 is 21.6 Å². The molecule has 1 aromatic carbocycles. The first kappa shape index (κ1) is 18.9. The maximum absolute atomic E-state index is 13.3. The van der Waals surface area contributed by atoms with E-state index in [2.05, 4.69) is 5.92 Å². The van der Waals surface area contributed by atoms with Gasteiger partial charge in [0.1, 0.15) is 0 Å². The van der Waals surface area contributed by atoms with E-state index < -0.39 is 10.0 Å². The third-order valence-corrected chi connectivity index (χ3v) is 7.42. The van der Waals surface area contributed by atoms with Crippen molar-refractivity contribution in [2.75, 3.05) is 18.0 Å². The number of nitrogens with zero attached hydrogens (tertiary/aromatic N) is 2. The number of carbonyl (C=O) groups excluding carboxylic acids is 1. The molecule has 1 aliphatic carbocycles. The molecule has 1 amide bonds. The summed E-state index contributed by atoms with van der Waals surface area (Å²) in [5.74, 6) is 2.61. The molecule has 1 saturated heterocycles. The summed E-state index contributed by atoms with van der Waals surface area (Å²) in [7, 11) is -3.66. The van der Waals surface area contributed by atoms with Gasteiger partial charge in [0.25, 0.3) is 0 Å². The summed E-state index contributed by atoms with van der Waals surface area (Å²) in [6, 6.07) is 5.13. The van der Waals surface area contributed by atoms with Crippen LogP contribution in [0.25, 0.3) is 0 Å². The van der Waals surface area contributed by atoms with Crippen molar-refractivity contribution in [2.45, 2.75) is 62.8 Å². The van der Waals surface area contributed by atoms with E-state index in [-0.39, 0.29) is 23.4 Å². The first-order chi connectivity index (χ1) is 12.4. The summed E-state index contributed by atoms with van der Waals surface area (Å²) in [6.45, 7) is 2.57. The van der Waals surface area contributed by atoms with Crippen LogP contribution in [0.5, 0.6) is 0 Å². The lowest BCUT2D eigenvalue weighted by molar-refractivity contribution is -0.117. The van der Waals surface area contributed by atoms with Crippen LogP contribution in [-0.2, 0) is 14.8 Å². The van der Waals surface area contributed by atoms with Crippen LogP contribution in [0, 0.1) is 19.3 Å². The molecule has 0 unspecified atom stereocenters. The molecule has 0 bridgehead atoms. The van der Waals surface area contributed by atoms with Crippen molar-refractivity contribution in [1.29, 1.82) is 0 Å². The summed E-state index contributed by atoms with van der Waals surface area (Å²) in [5, 5.41) is 0. The van der Waals surface area contributed by atoms with E-state index in [1.807, 2.05) is 0 Å². The molecule has 140 valence electrons. The third kappa shape index (κ3) is 3.65. The van der Waals surface area contributed by atoms with Crippen molar-refractivity contribution in [3.63, 3.8) is 0 Å². The van der Waals surface area contributed by atoms with Gasteiger partial charge in [0.05, 0.1) is 11.4 Å². The van der Waals surface area contributed by atoms with Gasteiger partial charge in [-0.05, 0) is 49.9 Å². The molecular formula is C20H26N2O3S. The van der Waals surface area contributed by atoms with Crippen LogP contribution in [0.15, 0.2) is 23.1 Å². The molecule has 0 spiro atoms. The van der Waals surface area contributed by atoms with E-state index in [1.54, 1.807) is 30.0 Å². The summed E-state index contributed by atoms with van der Waals surface area (Å²) < 4.78 is 28.1. The maximum Gasteiger partial charge on any atom is 0.244 e. The first-order valence-electron chi connectivity index (χ1n) is 9.31. The zero-order valence-electron chi connectivity index (χ0n) is 15.3. The number of amides is 1.